The zero-order valence-electron chi connectivity index (χ0n) is 13.2. The van der Waals surface area contributed by atoms with Crippen LogP contribution in [0.25, 0.3) is 0 Å². The van der Waals surface area contributed by atoms with Crippen LogP contribution in [0.1, 0.15) is 63.2 Å². The zero-order chi connectivity index (χ0) is 15.7. The standard InChI is InChI=1S/C16H26ClN3O/c1-4-7-9-13(8-5-2)19-16(21)12-10-14(17)20-15(11-12)18-6-3/h10-11,13H,4-9H2,1-3H3,(H,18,20)(H,19,21). The number of pyridine rings is 1. The predicted molar refractivity (Wildman–Crippen MR) is 89.1 cm³/mol. The molecule has 0 saturated carbocycles. The minimum atomic E-state index is -0.0759. The highest BCUT2D eigenvalue weighted by molar-refractivity contribution is 6.29. The number of nitrogens with zero attached hydrogens (tertiary/aromatic N) is 1. The Balaban J connectivity index is 2.76. The molecule has 1 amide bonds. The van der Waals surface area contributed by atoms with Crippen molar-refractivity contribution in [1.82, 2.24) is 10.3 Å². The molecule has 2 N–H and O–H groups in total. The second-order valence-electron chi connectivity index (χ2n) is 5.20. The summed E-state index contributed by atoms with van der Waals surface area (Å²) in [5.74, 6) is 0.559. The van der Waals surface area contributed by atoms with E-state index in [1.807, 2.05) is 6.92 Å². The number of unbranched alkanes of at least 4 members (excludes halogenated alkanes) is 1. The minimum absolute atomic E-state index is 0.0759. The van der Waals surface area contributed by atoms with Gasteiger partial charge < -0.3 is 10.6 Å². The number of carbonyl (C=O) groups excluding carboxylic acids is 1. The molecular formula is C16H26ClN3O. The Kier molecular flexibility index (Phi) is 8.13. The third-order valence-corrected chi connectivity index (χ3v) is 3.49. The molecule has 1 heterocycles. The molecule has 4 nitrogen and oxygen atoms in total. The van der Waals surface area contributed by atoms with Crippen LogP contribution in [-0.2, 0) is 0 Å². The summed E-state index contributed by atoms with van der Waals surface area (Å²) in [6.45, 7) is 7.02. The summed E-state index contributed by atoms with van der Waals surface area (Å²) >= 11 is 5.98. The first-order chi connectivity index (χ1) is 10.1. The molecule has 0 bridgehead atoms. The average Bonchev–Trinajstić information content (AvgIpc) is 2.44. The van der Waals surface area contributed by atoms with Crippen molar-refractivity contribution < 1.29 is 4.79 Å². The predicted octanol–water partition coefficient (Wildman–Crippen LogP) is 4.26. The molecule has 0 aliphatic carbocycles. The number of rotatable bonds is 9. The Hall–Kier alpha value is -1.29. The van der Waals surface area contributed by atoms with E-state index in [9.17, 15) is 4.79 Å². The van der Waals surface area contributed by atoms with Crippen LogP contribution in [0.15, 0.2) is 12.1 Å². The largest absolute Gasteiger partial charge is 0.370 e. The molecule has 5 heteroatoms. The fraction of sp³-hybridized carbons (Fsp3) is 0.625. The van der Waals surface area contributed by atoms with Gasteiger partial charge in [-0.2, -0.15) is 0 Å². The minimum Gasteiger partial charge on any atom is -0.370 e. The van der Waals surface area contributed by atoms with Gasteiger partial charge in [-0.3, -0.25) is 4.79 Å². The molecule has 21 heavy (non-hydrogen) atoms. The first-order valence-corrected chi connectivity index (χ1v) is 8.20. The van der Waals surface area contributed by atoms with Crippen LogP contribution < -0.4 is 10.6 Å². The number of halogens is 1. The van der Waals surface area contributed by atoms with E-state index in [4.69, 9.17) is 11.6 Å². The molecule has 1 aromatic heterocycles. The number of hydrogen-bond donors (Lipinski definition) is 2. The Labute approximate surface area is 132 Å². The quantitative estimate of drug-likeness (QED) is 0.670. The monoisotopic (exact) mass is 311 g/mol. The molecule has 0 saturated heterocycles. The topological polar surface area (TPSA) is 54.0 Å². The van der Waals surface area contributed by atoms with Crippen LogP contribution in [0.3, 0.4) is 0 Å². The van der Waals surface area contributed by atoms with E-state index in [1.165, 1.54) is 0 Å². The van der Waals surface area contributed by atoms with Crippen LogP contribution in [0, 0.1) is 0 Å². The summed E-state index contributed by atoms with van der Waals surface area (Å²) in [6.07, 6.45) is 5.36. The molecule has 1 aromatic rings. The molecule has 1 unspecified atom stereocenters. The van der Waals surface area contributed by atoms with Crippen molar-refractivity contribution in [1.29, 1.82) is 0 Å². The molecule has 0 aromatic carbocycles. The maximum Gasteiger partial charge on any atom is 0.251 e. The van der Waals surface area contributed by atoms with E-state index in [2.05, 4.69) is 29.5 Å². The van der Waals surface area contributed by atoms with Gasteiger partial charge in [0.25, 0.3) is 5.91 Å². The normalized spacial score (nSPS) is 12.0. The van der Waals surface area contributed by atoms with Crippen LogP contribution in [0.2, 0.25) is 5.15 Å². The van der Waals surface area contributed by atoms with Gasteiger partial charge in [0, 0.05) is 18.2 Å². The fourth-order valence-corrected chi connectivity index (χ4v) is 2.46. The van der Waals surface area contributed by atoms with Gasteiger partial charge in [-0.15, -0.1) is 0 Å². The maximum absolute atomic E-state index is 12.4. The lowest BCUT2D eigenvalue weighted by Gasteiger charge is -2.18. The van der Waals surface area contributed by atoms with Gasteiger partial charge in [0.05, 0.1) is 0 Å². The van der Waals surface area contributed by atoms with E-state index in [-0.39, 0.29) is 11.9 Å². The molecule has 1 atom stereocenters. The van der Waals surface area contributed by atoms with Gasteiger partial charge in [0.15, 0.2) is 0 Å². The number of aromatic nitrogens is 1. The Morgan fingerprint density at radius 3 is 2.62 bits per heavy atom. The smallest absolute Gasteiger partial charge is 0.251 e. The van der Waals surface area contributed by atoms with Crippen molar-refractivity contribution in [3.63, 3.8) is 0 Å². The van der Waals surface area contributed by atoms with Gasteiger partial charge in [-0.1, -0.05) is 44.7 Å². The Morgan fingerprint density at radius 2 is 2.00 bits per heavy atom. The first-order valence-electron chi connectivity index (χ1n) is 7.83. The Morgan fingerprint density at radius 1 is 1.24 bits per heavy atom. The second kappa shape index (κ2) is 9.61. The number of hydrogen-bond acceptors (Lipinski definition) is 3. The molecule has 0 radical (unpaired) electrons. The van der Waals surface area contributed by atoms with E-state index >= 15 is 0 Å². The number of carbonyl (C=O) groups is 1. The summed E-state index contributed by atoms with van der Waals surface area (Å²) in [6, 6.07) is 3.59. The van der Waals surface area contributed by atoms with Crippen LogP contribution in [-0.4, -0.2) is 23.5 Å². The lowest BCUT2D eigenvalue weighted by Crippen LogP contribution is -2.34. The summed E-state index contributed by atoms with van der Waals surface area (Å²) in [5, 5.41) is 6.53. The molecule has 1 rings (SSSR count). The summed E-state index contributed by atoms with van der Waals surface area (Å²) in [7, 11) is 0. The van der Waals surface area contributed by atoms with Crippen molar-refractivity contribution in [2.75, 3.05) is 11.9 Å². The highest BCUT2D eigenvalue weighted by Crippen LogP contribution is 2.15. The van der Waals surface area contributed by atoms with E-state index in [0.29, 0.717) is 16.5 Å². The Bertz CT molecular complexity index is 451. The lowest BCUT2D eigenvalue weighted by atomic mass is 10.0. The van der Waals surface area contributed by atoms with E-state index < -0.39 is 0 Å². The van der Waals surface area contributed by atoms with Gasteiger partial charge >= 0.3 is 0 Å². The molecule has 0 spiro atoms. The van der Waals surface area contributed by atoms with Gasteiger partial charge in [-0.25, -0.2) is 4.98 Å². The third-order valence-electron chi connectivity index (χ3n) is 3.29. The zero-order valence-corrected chi connectivity index (χ0v) is 14.0. The first kappa shape index (κ1) is 17.8. The van der Waals surface area contributed by atoms with Crippen molar-refractivity contribution >= 4 is 23.3 Å². The number of nitrogens with one attached hydrogen (secondary N) is 2. The van der Waals surface area contributed by atoms with Crippen molar-refractivity contribution in [3.8, 4) is 0 Å². The van der Waals surface area contributed by atoms with Gasteiger partial charge in [0.1, 0.15) is 11.0 Å². The molecular weight excluding hydrogens is 286 g/mol. The summed E-state index contributed by atoms with van der Waals surface area (Å²) in [4.78, 5) is 16.5. The molecule has 0 aliphatic rings. The van der Waals surface area contributed by atoms with Crippen LogP contribution in [0.4, 0.5) is 5.82 Å². The van der Waals surface area contributed by atoms with Gasteiger partial charge in [-0.05, 0) is 31.9 Å². The number of amides is 1. The second-order valence-corrected chi connectivity index (χ2v) is 5.58. The summed E-state index contributed by atoms with van der Waals surface area (Å²) in [5.41, 5.74) is 0.559. The van der Waals surface area contributed by atoms with E-state index in [1.54, 1.807) is 12.1 Å². The number of anilines is 1. The average molecular weight is 312 g/mol. The molecule has 0 aliphatic heterocycles. The van der Waals surface area contributed by atoms with Gasteiger partial charge in [0.2, 0.25) is 0 Å². The van der Waals surface area contributed by atoms with Crippen LogP contribution >= 0.6 is 11.6 Å². The van der Waals surface area contributed by atoms with Crippen molar-refractivity contribution in [2.24, 2.45) is 0 Å². The SMILES string of the molecule is CCCCC(CCC)NC(=O)c1cc(Cl)nc(NCC)c1. The van der Waals surface area contributed by atoms with Crippen molar-refractivity contribution in [2.45, 2.75) is 58.9 Å². The van der Waals surface area contributed by atoms with E-state index in [0.717, 1.165) is 38.6 Å². The fourth-order valence-electron chi connectivity index (χ4n) is 2.26. The maximum atomic E-state index is 12.4. The molecule has 0 fully saturated rings. The lowest BCUT2D eigenvalue weighted by molar-refractivity contribution is 0.0932. The highest BCUT2D eigenvalue weighted by atomic mass is 35.5. The van der Waals surface area contributed by atoms with Crippen LogP contribution in [0.5, 0.6) is 0 Å². The van der Waals surface area contributed by atoms with Crippen molar-refractivity contribution in [3.05, 3.63) is 22.8 Å². The third kappa shape index (κ3) is 6.34. The highest BCUT2D eigenvalue weighted by Gasteiger charge is 2.14. The molecule has 118 valence electrons. The summed E-state index contributed by atoms with van der Waals surface area (Å²) < 4.78 is 0.